The Morgan fingerprint density at radius 2 is 2.11 bits per heavy atom. The van der Waals surface area contributed by atoms with Crippen LogP contribution in [0.5, 0.6) is 0 Å². The number of carbonyl (C=O) groups is 1. The molecule has 0 bridgehead atoms. The quantitative estimate of drug-likeness (QED) is 0.867. The summed E-state index contributed by atoms with van der Waals surface area (Å²) in [4.78, 5) is 18.3. The highest BCUT2D eigenvalue weighted by Crippen LogP contribution is 2.12. The summed E-state index contributed by atoms with van der Waals surface area (Å²) in [7, 11) is 0. The van der Waals surface area contributed by atoms with Crippen LogP contribution >= 0.6 is 0 Å². The van der Waals surface area contributed by atoms with Crippen molar-refractivity contribution in [3.8, 4) is 0 Å². The zero-order valence-electron chi connectivity index (χ0n) is 11.7. The predicted octanol–water partition coefficient (Wildman–Crippen LogP) is 1.95. The summed E-state index contributed by atoms with van der Waals surface area (Å²) < 4.78 is 0. The van der Waals surface area contributed by atoms with E-state index in [0.717, 1.165) is 5.69 Å². The Labute approximate surface area is 109 Å². The summed E-state index contributed by atoms with van der Waals surface area (Å²) in [5.41, 5.74) is 6.32. The number of amides is 1. The van der Waals surface area contributed by atoms with Crippen molar-refractivity contribution in [2.45, 2.75) is 52.2 Å². The molecule has 0 saturated heterocycles. The maximum atomic E-state index is 12.2. The Bertz CT molecular complexity index is 382. The second kappa shape index (κ2) is 5.96. The third-order valence-electron chi connectivity index (χ3n) is 2.61. The van der Waals surface area contributed by atoms with E-state index in [4.69, 9.17) is 5.73 Å². The largest absolute Gasteiger partial charge is 0.334 e. The minimum Gasteiger partial charge on any atom is -0.334 e. The van der Waals surface area contributed by atoms with Crippen LogP contribution in [0.1, 0.15) is 39.8 Å². The van der Waals surface area contributed by atoms with Gasteiger partial charge in [0.05, 0.1) is 12.2 Å². The second-order valence-electron chi connectivity index (χ2n) is 5.60. The Morgan fingerprint density at radius 3 is 2.56 bits per heavy atom. The monoisotopic (exact) mass is 249 g/mol. The van der Waals surface area contributed by atoms with Gasteiger partial charge in [-0.3, -0.25) is 9.78 Å². The van der Waals surface area contributed by atoms with Gasteiger partial charge in [-0.2, -0.15) is 0 Å². The molecule has 0 atom stereocenters. The van der Waals surface area contributed by atoms with Crippen molar-refractivity contribution < 1.29 is 4.79 Å². The molecule has 18 heavy (non-hydrogen) atoms. The average Bonchev–Trinajstić information content (AvgIpc) is 2.24. The predicted molar refractivity (Wildman–Crippen MR) is 72.8 cm³/mol. The van der Waals surface area contributed by atoms with E-state index in [0.29, 0.717) is 13.0 Å². The number of nitrogens with two attached hydrogens (primary N) is 1. The molecule has 0 aliphatic heterocycles. The van der Waals surface area contributed by atoms with Gasteiger partial charge in [0.15, 0.2) is 0 Å². The molecule has 1 rings (SSSR count). The van der Waals surface area contributed by atoms with Crippen molar-refractivity contribution in [2.24, 2.45) is 5.73 Å². The van der Waals surface area contributed by atoms with Gasteiger partial charge in [0.2, 0.25) is 5.91 Å². The summed E-state index contributed by atoms with van der Waals surface area (Å²) in [6.45, 7) is 8.27. The third kappa shape index (κ3) is 4.84. The van der Waals surface area contributed by atoms with Gasteiger partial charge in [-0.05, 0) is 39.8 Å². The Balaban J connectivity index is 2.75. The molecule has 0 aliphatic carbocycles. The van der Waals surface area contributed by atoms with Crippen LogP contribution in [-0.2, 0) is 11.3 Å². The summed E-state index contributed by atoms with van der Waals surface area (Å²) in [6.07, 6.45) is 2.09. The SMILES string of the molecule is CC(C)N(Cc1ccccn1)C(=O)CC(C)(C)N. The fourth-order valence-electron chi connectivity index (χ4n) is 1.72. The first-order chi connectivity index (χ1) is 8.29. The van der Waals surface area contributed by atoms with Gasteiger partial charge in [0.25, 0.3) is 0 Å². The lowest BCUT2D eigenvalue weighted by atomic mass is 10.0. The first-order valence-corrected chi connectivity index (χ1v) is 6.28. The molecular weight excluding hydrogens is 226 g/mol. The molecule has 0 aromatic carbocycles. The summed E-state index contributed by atoms with van der Waals surface area (Å²) >= 11 is 0. The summed E-state index contributed by atoms with van der Waals surface area (Å²) in [5, 5.41) is 0. The van der Waals surface area contributed by atoms with Crippen LogP contribution in [0.3, 0.4) is 0 Å². The van der Waals surface area contributed by atoms with Crippen molar-refractivity contribution in [2.75, 3.05) is 0 Å². The molecule has 2 N–H and O–H groups in total. The van der Waals surface area contributed by atoms with Crippen molar-refractivity contribution in [1.29, 1.82) is 0 Å². The maximum Gasteiger partial charge on any atom is 0.224 e. The van der Waals surface area contributed by atoms with Crippen molar-refractivity contribution >= 4 is 5.91 Å². The van der Waals surface area contributed by atoms with Gasteiger partial charge < -0.3 is 10.6 Å². The van der Waals surface area contributed by atoms with Crippen LogP contribution in [0.25, 0.3) is 0 Å². The molecule has 4 heteroatoms. The summed E-state index contributed by atoms with van der Waals surface area (Å²) in [5.74, 6) is 0.0724. The molecular formula is C14H23N3O. The molecule has 0 saturated carbocycles. The van der Waals surface area contributed by atoms with Gasteiger partial charge in [-0.1, -0.05) is 6.07 Å². The van der Waals surface area contributed by atoms with Crippen molar-refractivity contribution in [1.82, 2.24) is 9.88 Å². The normalized spacial score (nSPS) is 11.7. The lowest BCUT2D eigenvalue weighted by Gasteiger charge is -2.29. The van der Waals surface area contributed by atoms with E-state index in [2.05, 4.69) is 4.98 Å². The van der Waals surface area contributed by atoms with Gasteiger partial charge in [-0.25, -0.2) is 0 Å². The Morgan fingerprint density at radius 1 is 1.44 bits per heavy atom. The molecule has 1 aromatic heterocycles. The fourth-order valence-corrected chi connectivity index (χ4v) is 1.72. The van der Waals surface area contributed by atoms with Crippen LogP contribution < -0.4 is 5.73 Å². The van der Waals surface area contributed by atoms with Gasteiger partial charge >= 0.3 is 0 Å². The summed E-state index contributed by atoms with van der Waals surface area (Å²) in [6, 6.07) is 5.87. The van der Waals surface area contributed by atoms with E-state index in [1.165, 1.54) is 0 Å². The van der Waals surface area contributed by atoms with Crippen molar-refractivity contribution in [3.63, 3.8) is 0 Å². The van der Waals surface area contributed by atoms with Crippen LogP contribution in [0.2, 0.25) is 0 Å². The Kier molecular flexibility index (Phi) is 4.84. The smallest absolute Gasteiger partial charge is 0.224 e. The number of pyridine rings is 1. The van der Waals surface area contributed by atoms with E-state index < -0.39 is 5.54 Å². The number of hydrogen-bond acceptors (Lipinski definition) is 3. The molecule has 4 nitrogen and oxygen atoms in total. The minimum absolute atomic E-state index is 0.0724. The van der Waals surface area contributed by atoms with Crippen LogP contribution in [0.15, 0.2) is 24.4 Å². The number of carbonyl (C=O) groups excluding carboxylic acids is 1. The van der Waals surface area contributed by atoms with Crippen LogP contribution in [-0.4, -0.2) is 27.4 Å². The zero-order valence-corrected chi connectivity index (χ0v) is 11.7. The number of aromatic nitrogens is 1. The fraction of sp³-hybridized carbons (Fsp3) is 0.571. The molecule has 0 aliphatic rings. The van der Waals surface area contributed by atoms with Crippen LogP contribution in [0, 0.1) is 0 Å². The first-order valence-electron chi connectivity index (χ1n) is 6.28. The number of hydrogen-bond donors (Lipinski definition) is 1. The number of nitrogens with zero attached hydrogens (tertiary/aromatic N) is 2. The average molecular weight is 249 g/mol. The molecule has 0 unspecified atom stereocenters. The lowest BCUT2D eigenvalue weighted by Crippen LogP contribution is -2.43. The highest BCUT2D eigenvalue weighted by atomic mass is 16.2. The molecule has 0 spiro atoms. The first kappa shape index (κ1) is 14.6. The highest BCUT2D eigenvalue weighted by molar-refractivity contribution is 5.77. The van der Waals surface area contributed by atoms with E-state index in [1.807, 2.05) is 50.8 Å². The molecule has 0 radical (unpaired) electrons. The van der Waals surface area contributed by atoms with Gasteiger partial charge in [0.1, 0.15) is 0 Å². The van der Waals surface area contributed by atoms with E-state index in [1.54, 1.807) is 6.20 Å². The molecule has 0 fully saturated rings. The van der Waals surface area contributed by atoms with Gasteiger partial charge in [-0.15, -0.1) is 0 Å². The third-order valence-corrected chi connectivity index (χ3v) is 2.61. The molecule has 1 heterocycles. The molecule has 1 amide bonds. The zero-order chi connectivity index (χ0) is 13.8. The highest BCUT2D eigenvalue weighted by Gasteiger charge is 2.23. The second-order valence-corrected chi connectivity index (χ2v) is 5.60. The van der Waals surface area contributed by atoms with Gasteiger partial charge in [0, 0.05) is 24.2 Å². The topological polar surface area (TPSA) is 59.2 Å². The Hall–Kier alpha value is -1.42. The lowest BCUT2D eigenvalue weighted by molar-refractivity contribution is -0.134. The standard InChI is InChI=1S/C14H23N3O/c1-11(2)17(13(18)9-14(3,4)15)10-12-7-5-6-8-16-12/h5-8,11H,9-10,15H2,1-4H3. The van der Waals surface area contributed by atoms with E-state index in [-0.39, 0.29) is 11.9 Å². The number of rotatable bonds is 5. The molecule has 1 aromatic rings. The minimum atomic E-state index is -0.478. The van der Waals surface area contributed by atoms with E-state index >= 15 is 0 Å². The van der Waals surface area contributed by atoms with Crippen LogP contribution in [0.4, 0.5) is 0 Å². The molecule has 100 valence electrons. The van der Waals surface area contributed by atoms with Crippen molar-refractivity contribution in [3.05, 3.63) is 30.1 Å². The maximum absolute atomic E-state index is 12.2. The van der Waals surface area contributed by atoms with E-state index in [9.17, 15) is 4.79 Å².